The summed E-state index contributed by atoms with van der Waals surface area (Å²) in [4.78, 5) is 79.1. The zero-order valence-electron chi connectivity index (χ0n) is 80.3. The predicted octanol–water partition coefficient (Wildman–Crippen LogP) is 37.2. The average molecular weight is 1880 g/mol. The lowest BCUT2D eigenvalue weighted by atomic mass is 9.70. The molecule has 2 spiro atoms. The molecule has 0 radical (unpaired) electrons. The minimum Gasteiger partial charge on any atom is -0.271 e. The molecule has 0 fully saturated rings. The summed E-state index contributed by atoms with van der Waals surface area (Å²) in [5.74, 6) is -0.866. The van der Waals surface area contributed by atoms with Crippen molar-refractivity contribution in [1.82, 2.24) is 9.80 Å². The van der Waals surface area contributed by atoms with Crippen molar-refractivity contribution in [2.75, 3.05) is 0 Å². The normalized spacial score (nSPS) is 14.3. The zero-order chi connectivity index (χ0) is 93.3. The van der Waals surface area contributed by atoms with Gasteiger partial charge in [-0.25, -0.2) is 0 Å². The van der Waals surface area contributed by atoms with E-state index in [0.29, 0.717) is 33.0 Å². The minimum absolute atomic E-state index is 0.214. The molecule has 6 nitrogen and oxygen atoms in total. The molecule has 13 aromatic carbocycles. The molecule has 0 saturated carbocycles. The lowest BCUT2D eigenvalue weighted by Crippen LogP contribution is -2.47. The molecule has 692 valence electrons. The summed E-state index contributed by atoms with van der Waals surface area (Å²) in [6, 6.07) is 99.2. The molecule has 23 rings (SSSR count). The van der Waals surface area contributed by atoms with Gasteiger partial charge in [-0.15, -0.1) is 45.3 Å². The molecule has 0 saturated heterocycles. The van der Waals surface area contributed by atoms with Crippen molar-refractivity contribution in [2.24, 2.45) is 0 Å². The fourth-order valence-corrected chi connectivity index (χ4v) is 29.9. The molecule has 2 aliphatic heterocycles. The Morgan fingerprint density at radius 3 is 0.739 bits per heavy atom. The molecule has 10 heteroatoms. The van der Waals surface area contributed by atoms with E-state index in [2.05, 4.69) is 282 Å². The van der Waals surface area contributed by atoms with Gasteiger partial charge in [-0.1, -0.05) is 389 Å². The van der Waals surface area contributed by atoms with Gasteiger partial charge in [0.05, 0.1) is 10.8 Å². The van der Waals surface area contributed by atoms with Crippen LogP contribution in [-0.4, -0.2) is 45.5 Å². The van der Waals surface area contributed by atoms with Crippen molar-refractivity contribution in [3.63, 3.8) is 0 Å². The summed E-state index contributed by atoms with van der Waals surface area (Å²) in [6.07, 6.45) is 35.2. The molecular formula is C128H122N2O4S4. The molecule has 6 heterocycles. The summed E-state index contributed by atoms with van der Waals surface area (Å²) in [5, 5.41) is 6.76. The van der Waals surface area contributed by atoms with Gasteiger partial charge in [-0.3, -0.25) is 29.0 Å². The Morgan fingerprint density at radius 1 is 0.203 bits per heavy atom. The molecule has 0 unspecified atom stereocenters. The second-order valence-electron chi connectivity index (χ2n) is 40.4. The van der Waals surface area contributed by atoms with Gasteiger partial charge in [0.15, 0.2) is 0 Å². The van der Waals surface area contributed by atoms with Crippen molar-refractivity contribution in [3.05, 3.63) is 334 Å². The number of nitrogens with zero attached hydrogens (tertiary/aromatic N) is 2. The molecule has 4 amide bonds. The Balaban J connectivity index is 0.686. The zero-order valence-corrected chi connectivity index (χ0v) is 83.6. The predicted molar refractivity (Wildman–Crippen MR) is 583 cm³/mol. The highest BCUT2D eigenvalue weighted by Gasteiger charge is 2.54. The Bertz CT molecular complexity index is 6980. The second-order valence-corrected chi connectivity index (χ2v) is 44.7. The molecule has 0 atom stereocenters. The molecule has 4 aromatic heterocycles. The van der Waals surface area contributed by atoms with E-state index in [0.717, 1.165) is 175 Å². The number of imide groups is 2. The van der Waals surface area contributed by atoms with E-state index in [1.54, 1.807) is 32.5 Å². The Labute approximate surface area is 830 Å². The third-order valence-electron chi connectivity index (χ3n) is 32.2. The first-order chi connectivity index (χ1) is 68.0. The van der Waals surface area contributed by atoms with Crippen LogP contribution < -0.4 is 0 Å². The Kier molecular flexibility index (Phi) is 25.1. The monoisotopic (exact) mass is 1880 g/mol. The van der Waals surface area contributed by atoms with Crippen LogP contribution in [0, 0.1) is 0 Å². The van der Waals surface area contributed by atoms with E-state index in [9.17, 15) is 0 Å². The Hall–Kier alpha value is -11.8. The number of unbranched alkanes of at least 4 members (excludes halogenated alkanes) is 24. The number of benzene rings is 13. The third-order valence-corrected chi connectivity index (χ3v) is 37.1. The SMILES string of the molecule is CCCCCCCCCC(CCCCCCCCC)N1C(=O)c2ccc3c4c(-c5ccc(-c6ccc(-c7ccc8c(c7)C7(c9ccccc9-c9ccccc97)c7ccccc7-8)s6)s5)cc5c6c(ccc(c7c(-c8ccc(-c9ccc(-c%10ccc%11c(c%10)C%10(c%12ccccc%12-c%12ccccc%12%10)c%10ccccc%10-%11)s9)s8)cc(c2c37)C1=O)c64)C(=O)N(C(CCCCCCCCC)CCCCCCCCC)C5=O. The number of rotatable bonds is 40. The van der Waals surface area contributed by atoms with Gasteiger partial charge in [0.25, 0.3) is 23.6 Å². The van der Waals surface area contributed by atoms with E-state index in [4.69, 9.17) is 0 Å². The number of fused-ring (bicyclic) bond motifs is 22. The number of carbonyl (C=O) groups is 4. The van der Waals surface area contributed by atoms with Crippen LogP contribution in [0.1, 0.15) is 319 Å². The van der Waals surface area contributed by atoms with Gasteiger partial charge < -0.3 is 0 Å². The van der Waals surface area contributed by atoms with Crippen molar-refractivity contribution in [3.8, 4) is 106 Å². The van der Waals surface area contributed by atoms with Crippen molar-refractivity contribution in [1.29, 1.82) is 0 Å². The molecule has 4 aliphatic carbocycles. The van der Waals surface area contributed by atoms with Crippen molar-refractivity contribution < 1.29 is 19.2 Å². The van der Waals surface area contributed by atoms with Gasteiger partial charge in [0.1, 0.15) is 0 Å². The Morgan fingerprint density at radius 2 is 0.442 bits per heavy atom. The molecular weight excluding hydrogens is 1760 g/mol. The summed E-state index contributed by atoms with van der Waals surface area (Å²) in [7, 11) is 0. The number of hydrogen-bond donors (Lipinski definition) is 0. The highest BCUT2D eigenvalue weighted by atomic mass is 32.1. The number of amides is 4. The average Bonchev–Trinajstić information content (AvgIpc) is 1.56. The van der Waals surface area contributed by atoms with Crippen LogP contribution in [0.2, 0.25) is 0 Å². The first-order valence-corrected chi connectivity index (χ1v) is 55.6. The molecule has 6 aliphatic rings. The standard InChI is InChI=1S/C128H122N2O4S4/c1-5-9-13-17-21-25-29-45-83(46-30-26-22-18-14-10-6-2)129-123(131)95-67-65-93-118-98(112-72-76-116(138-112)114-74-70-110(136-114)82-62-64-92-90-54-38-44-60-106(90)128(108(92)78-82)103-57-41-35-51-87(103)88-52-36-42-58-104(88)128)80-100-120-96(124(132)130(126(100)134)84(47-31-27-23-19-15-11-7-3)48-32-28-24-20-16-12-8-4)68-66-94(122(118)120)117-97(79-99(125(129)133)119(95)121(93)117)111-71-75-115(137-111)113-73-69-109(135-113)81-61-63-91-89-53-37-43-59-105(89)127(107(91)77-81)101-55-39-33-49-85(101)86-50-34-40-56-102(86)127/h33-44,49-80,83-84H,5-32,45-48H2,1-4H3. The maximum absolute atomic E-state index is 16.9. The number of carbonyl (C=O) groups excluding carboxylic acids is 4. The first kappa shape index (κ1) is 90.1. The van der Waals surface area contributed by atoms with Gasteiger partial charge in [-0.2, -0.15) is 0 Å². The second kappa shape index (κ2) is 38.4. The van der Waals surface area contributed by atoms with Crippen LogP contribution in [0.4, 0.5) is 0 Å². The fraction of sp³-hybridized carbons (Fsp3) is 0.312. The molecule has 0 N–H and O–H groups in total. The van der Waals surface area contributed by atoms with Crippen molar-refractivity contribution >= 4 is 112 Å². The molecule has 0 bridgehead atoms. The molecule has 17 aromatic rings. The van der Waals surface area contributed by atoms with E-state index in [1.807, 2.05) is 34.8 Å². The smallest absolute Gasteiger partial charge is 0.261 e. The summed E-state index contributed by atoms with van der Waals surface area (Å²) >= 11 is 7.14. The lowest BCUT2D eigenvalue weighted by molar-refractivity contribution is 0.0501. The number of hydrogen-bond acceptors (Lipinski definition) is 8. The maximum atomic E-state index is 16.9. The third kappa shape index (κ3) is 15.0. The van der Waals surface area contributed by atoms with Gasteiger partial charge in [-0.05, 0) is 243 Å². The van der Waals surface area contributed by atoms with Crippen LogP contribution in [0.3, 0.4) is 0 Å². The molecule has 138 heavy (non-hydrogen) atoms. The van der Waals surface area contributed by atoms with Crippen LogP contribution in [0.15, 0.2) is 267 Å². The van der Waals surface area contributed by atoms with Crippen molar-refractivity contribution in [2.45, 2.75) is 256 Å². The summed E-state index contributed by atoms with van der Waals surface area (Å²) < 4.78 is 0. The van der Waals surface area contributed by atoms with Crippen LogP contribution in [0.25, 0.3) is 149 Å². The van der Waals surface area contributed by atoms with Crippen LogP contribution >= 0.6 is 45.3 Å². The first-order valence-electron chi connectivity index (χ1n) is 52.4. The minimum atomic E-state index is -0.474. The number of thiophene rings is 4. The van der Waals surface area contributed by atoms with Gasteiger partial charge in [0, 0.05) is 95.3 Å². The largest absolute Gasteiger partial charge is 0.271 e. The summed E-state index contributed by atoms with van der Waals surface area (Å²) in [5.41, 5.74) is 26.3. The highest BCUT2D eigenvalue weighted by molar-refractivity contribution is 7.26. The lowest BCUT2D eigenvalue weighted by Gasteiger charge is -2.36. The topological polar surface area (TPSA) is 74.8 Å². The van der Waals surface area contributed by atoms with E-state index < -0.39 is 10.8 Å². The van der Waals surface area contributed by atoms with Crippen LogP contribution in [-0.2, 0) is 10.8 Å². The maximum Gasteiger partial charge on any atom is 0.261 e. The van der Waals surface area contributed by atoms with Crippen LogP contribution in [0.5, 0.6) is 0 Å². The fourth-order valence-electron chi connectivity index (χ4n) is 25.7. The van der Waals surface area contributed by atoms with Gasteiger partial charge >= 0.3 is 0 Å². The summed E-state index contributed by atoms with van der Waals surface area (Å²) in [6.45, 7) is 9.09. The van der Waals surface area contributed by atoms with E-state index >= 15 is 19.2 Å². The quantitative estimate of drug-likeness (QED) is 0.0166. The van der Waals surface area contributed by atoms with E-state index in [-0.39, 0.29) is 35.7 Å². The highest BCUT2D eigenvalue weighted by Crippen LogP contribution is 2.66. The van der Waals surface area contributed by atoms with E-state index in [1.165, 1.54) is 213 Å². The van der Waals surface area contributed by atoms with Gasteiger partial charge in [0.2, 0.25) is 0 Å².